The number of carbonyl (C=O) groups excluding carboxylic acids is 1. The molecule has 1 aromatic carbocycles. The molecule has 1 heterocycles. The normalized spacial score (nSPS) is 15.1. The average Bonchev–Trinajstić information content (AvgIpc) is 3.20. The third kappa shape index (κ3) is 3.55. The SMILES string of the molecule is O=C(Cc1ccccc1F)N(Cc1cccs1)C1CCCC1. The molecule has 1 aromatic heterocycles. The van der Waals surface area contributed by atoms with Gasteiger partial charge in [0.25, 0.3) is 0 Å². The fourth-order valence-corrected chi connectivity index (χ4v) is 3.82. The van der Waals surface area contributed by atoms with Crippen molar-refractivity contribution in [3.63, 3.8) is 0 Å². The monoisotopic (exact) mass is 317 g/mol. The molecule has 1 amide bonds. The summed E-state index contributed by atoms with van der Waals surface area (Å²) in [4.78, 5) is 15.9. The van der Waals surface area contributed by atoms with E-state index in [4.69, 9.17) is 0 Å². The molecule has 0 unspecified atom stereocenters. The molecule has 1 fully saturated rings. The predicted molar refractivity (Wildman–Crippen MR) is 87.2 cm³/mol. The van der Waals surface area contributed by atoms with Gasteiger partial charge >= 0.3 is 0 Å². The van der Waals surface area contributed by atoms with Crippen molar-refractivity contribution in [2.45, 2.75) is 44.7 Å². The zero-order valence-electron chi connectivity index (χ0n) is 12.5. The minimum Gasteiger partial charge on any atom is -0.334 e. The number of nitrogens with zero attached hydrogens (tertiary/aromatic N) is 1. The molecule has 0 atom stereocenters. The number of carbonyl (C=O) groups is 1. The summed E-state index contributed by atoms with van der Waals surface area (Å²) in [6, 6.07) is 10.9. The Labute approximate surface area is 134 Å². The van der Waals surface area contributed by atoms with E-state index in [0.29, 0.717) is 18.2 Å². The zero-order valence-corrected chi connectivity index (χ0v) is 13.3. The van der Waals surface area contributed by atoms with Crippen LogP contribution in [0.1, 0.15) is 36.1 Å². The number of hydrogen-bond acceptors (Lipinski definition) is 2. The summed E-state index contributed by atoms with van der Waals surface area (Å²) in [5.74, 6) is -0.260. The van der Waals surface area contributed by atoms with E-state index >= 15 is 0 Å². The second kappa shape index (κ2) is 7.05. The van der Waals surface area contributed by atoms with Crippen molar-refractivity contribution in [1.29, 1.82) is 0 Å². The Morgan fingerprint density at radius 3 is 2.64 bits per heavy atom. The quantitative estimate of drug-likeness (QED) is 0.800. The number of rotatable bonds is 5. The van der Waals surface area contributed by atoms with Gasteiger partial charge in [0.15, 0.2) is 0 Å². The molecular weight excluding hydrogens is 297 g/mol. The molecule has 0 N–H and O–H groups in total. The summed E-state index contributed by atoms with van der Waals surface area (Å²) < 4.78 is 13.8. The highest BCUT2D eigenvalue weighted by atomic mass is 32.1. The Morgan fingerprint density at radius 1 is 1.18 bits per heavy atom. The van der Waals surface area contributed by atoms with Gasteiger partial charge in [-0.1, -0.05) is 37.1 Å². The van der Waals surface area contributed by atoms with Gasteiger partial charge in [-0.3, -0.25) is 4.79 Å². The fraction of sp³-hybridized carbons (Fsp3) is 0.389. The van der Waals surface area contributed by atoms with E-state index in [-0.39, 0.29) is 18.1 Å². The third-order valence-electron chi connectivity index (χ3n) is 4.29. The Balaban J connectivity index is 1.75. The largest absolute Gasteiger partial charge is 0.334 e. The molecule has 1 saturated carbocycles. The topological polar surface area (TPSA) is 20.3 Å². The molecule has 1 aliphatic rings. The van der Waals surface area contributed by atoms with Crippen LogP contribution in [-0.4, -0.2) is 16.8 Å². The van der Waals surface area contributed by atoms with Crippen molar-refractivity contribution in [1.82, 2.24) is 4.90 Å². The summed E-state index contributed by atoms with van der Waals surface area (Å²) in [5.41, 5.74) is 0.488. The van der Waals surface area contributed by atoms with Crippen LogP contribution in [0, 0.1) is 5.82 Å². The van der Waals surface area contributed by atoms with Gasteiger partial charge in [-0.05, 0) is 35.9 Å². The molecule has 1 aliphatic carbocycles. The molecule has 0 spiro atoms. The highest BCUT2D eigenvalue weighted by Gasteiger charge is 2.27. The smallest absolute Gasteiger partial charge is 0.227 e. The zero-order chi connectivity index (χ0) is 15.4. The van der Waals surface area contributed by atoms with Crippen molar-refractivity contribution in [2.75, 3.05) is 0 Å². The highest BCUT2D eigenvalue weighted by molar-refractivity contribution is 7.09. The Morgan fingerprint density at radius 2 is 1.95 bits per heavy atom. The number of thiophene rings is 1. The minimum absolute atomic E-state index is 0.0328. The van der Waals surface area contributed by atoms with Gasteiger partial charge in [0.2, 0.25) is 5.91 Å². The molecule has 2 nitrogen and oxygen atoms in total. The van der Waals surface area contributed by atoms with Crippen LogP contribution in [0.5, 0.6) is 0 Å². The fourth-order valence-electron chi connectivity index (χ4n) is 3.11. The van der Waals surface area contributed by atoms with Gasteiger partial charge in [0, 0.05) is 10.9 Å². The maximum absolute atomic E-state index is 13.8. The molecule has 0 radical (unpaired) electrons. The van der Waals surface area contributed by atoms with Crippen LogP contribution >= 0.6 is 11.3 Å². The van der Waals surface area contributed by atoms with Gasteiger partial charge in [-0.25, -0.2) is 4.39 Å². The van der Waals surface area contributed by atoms with E-state index < -0.39 is 0 Å². The summed E-state index contributed by atoms with van der Waals surface area (Å²) in [6.45, 7) is 0.648. The number of hydrogen-bond donors (Lipinski definition) is 0. The second-order valence-corrected chi connectivity index (χ2v) is 6.84. The van der Waals surface area contributed by atoms with Gasteiger partial charge < -0.3 is 4.90 Å². The van der Waals surface area contributed by atoms with Gasteiger partial charge in [0.05, 0.1) is 13.0 Å². The van der Waals surface area contributed by atoms with E-state index in [9.17, 15) is 9.18 Å². The van der Waals surface area contributed by atoms with E-state index in [0.717, 1.165) is 12.8 Å². The number of halogens is 1. The molecular formula is C18H20FNOS. The number of amides is 1. The predicted octanol–water partition coefficient (Wildman–Crippen LogP) is 4.40. The van der Waals surface area contributed by atoms with Crippen molar-refractivity contribution < 1.29 is 9.18 Å². The number of benzene rings is 1. The molecule has 3 rings (SSSR count). The van der Waals surface area contributed by atoms with Gasteiger partial charge in [0.1, 0.15) is 5.82 Å². The second-order valence-electron chi connectivity index (χ2n) is 5.81. The van der Waals surface area contributed by atoms with Gasteiger partial charge in [-0.2, -0.15) is 0 Å². The maximum Gasteiger partial charge on any atom is 0.227 e. The molecule has 0 aliphatic heterocycles. The van der Waals surface area contributed by atoms with Crippen LogP contribution in [0.2, 0.25) is 0 Å². The van der Waals surface area contributed by atoms with Crippen LogP contribution < -0.4 is 0 Å². The summed E-state index contributed by atoms with van der Waals surface area (Å²) >= 11 is 1.67. The van der Waals surface area contributed by atoms with Crippen molar-refractivity contribution in [2.24, 2.45) is 0 Å². The van der Waals surface area contributed by atoms with Crippen LogP contribution in [0.15, 0.2) is 41.8 Å². The molecule has 116 valence electrons. The van der Waals surface area contributed by atoms with E-state index in [1.807, 2.05) is 16.3 Å². The maximum atomic E-state index is 13.8. The first-order chi connectivity index (χ1) is 10.7. The van der Waals surface area contributed by atoms with Crippen LogP contribution in [-0.2, 0) is 17.8 Å². The molecule has 0 bridgehead atoms. The summed E-state index contributed by atoms with van der Waals surface area (Å²) in [6.07, 6.45) is 4.63. The van der Waals surface area contributed by atoms with Crippen molar-refractivity contribution >= 4 is 17.2 Å². The van der Waals surface area contributed by atoms with Crippen LogP contribution in [0.4, 0.5) is 4.39 Å². The lowest BCUT2D eigenvalue weighted by atomic mass is 10.1. The Bertz CT molecular complexity index is 620. The Hall–Kier alpha value is -1.68. The molecule has 22 heavy (non-hydrogen) atoms. The van der Waals surface area contributed by atoms with E-state index in [1.54, 1.807) is 29.5 Å². The first-order valence-corrected chi connectivity index (χ1v) is 8.67. The standard InChI is InChI=1S/C18H20FNOS/c19-17-10-4-1-6-14(17)12-18(21)20(15-7-2-3-8-15)13-16-9-5-11-22-16/h1,4-6,9-11,15H,2-3,7-8,12-13H2. The lowest BCUT2D eigenvalue weighted by Gasteiger charge is -2.29. The van der Waals surface area contributed by atoms with Crippen molar-refractivity contribution in [3.05, 3.63) is 58.0 Å². The average molecular weight is 317 g/mol. The van der Waals surface area contributed by atoms with E-state index in [2.05, 4.69) is 6.07 Å². The van der Waals surface area contributed by atoms with Crippen LogP contribution in [0.3, 0.4) is 0 Å². The van der Waals surface area contributed by atoms with E-state index in [1.165, 1.54) is 23.8 Å². The van der Waals surface area contributed by atoms with Crippen LogP contribution in [0.25, 0.3) is 0 Å². The van der Waals surface area contributed by atoms with Crippen molar-refractivity contribution in [3.8, 4) is 0 Å². The lowest BCUT2D eigenvalue weighted by molar-refractivity contribution is -0.133. The van der Waals surface area contributed by atoms with Gasteiger partial charge in [-0.15, -0.1) is 11.3 Å². The molecule has 4 heteroatoms. The molecule has 2 aromatic rings. The lowest BCUT2D eigenvalue weighted by Crippen LogP contribution is -2.39. The minimum atomic E-state index is -0.293. The summed E-state index contributed by atoms with van der Waals surface area (Å²) in [5, 5.41) is 2.03. The third-order valence-corrected chi connectivity index (χ3v) is 5.15. The highest BCUT2D eigenvalue weighted by Crippen LogP contribution is 2.27. The first-order valence-electron chi connectivity index (χ1n) is 7.79. The molecule has 0 saturated heterocycles. The Kier molecular flexibility index (Phi) is 4.88. The first kappa shape index (κ1) is 15.2. The summed E-state index contributed by atoms with van der Waals surface area (Å²) in [7, 11) is 0.